The zero-order valence-corrected chi connectivity index (χ0v) is 12.9. The summed E-state index contributed by atoms with van der Waals surface area (Å²) in [5.74, 6) is -0.0358. The highest BCUT2D eigenvalue weighted by molar-refractivity contribution is 9.10. The van der Waals surface area contributed by atoms with Crippen molar-refractivity contribution in [1.29, 1.82) is 0 Å². The van der Waals surface area contributed by atoms with Gasteiger partial charge in [-0.15, -0.1) is 0 Å². The van der Waals surface area contributed by atoms with E-state index in [0.29, 0.717) is 11.1 Å². The van der Waals surface area contributed by atoms with E-state index in [-0.39, 0.29) is 27.7 Å². The number of sulfone groups is 1. The summed E-state index contributed by atoms with van der Waals surface area (Å²) in [5, 5.41) is 6.26. The van der Waals surface area contributed by atoms with Crippen LogP contribution in [-0.4, -0.2) is 41.9 Å². The molecule has 6 nitrogen and oxygen atoms in total. The predicted molar refractivity (Wildman–Crippen MR) is 72.9 cm³/mol. The van der Waals surface area contributed by atoms with Crippen molar-refractivity contribution in [3.05, 3.63) is 21.0 Å². The molecule has 0 saturated carbocycles. The molecule has 1 fully saturated rings. The van der Waals surface area contributed by atoms with E-state index >= 15 is 0 Å². The van der Waals surface area contributed by atoms with E-state index in [2.05, 4.69) is 26.3 Å². The van der Waals surface area contributed by atoms with Crippen LogP contribution in [-0.2, 0) is 16.4 Å². The number of hydrogen-bond donors (Lipinski definition) is 1. The molecule has 118 valence electrons. The van der Waals surface area contributed by atoms with Crippen molar-refractivity contribution in [2.45, 2.75) is 25.2 Å². The van der Waals surface area contributed by atoms with Crippen LogP contribution in [0.25, 0.3) is 0 Å². The number of anilines is 1. The van der Waals surface area contributed by atoms with Gasteiger partial charge in [-0.05, 0) is 22.4 Å². The van der Waals surface area contributed by atoms with Crippen LogP contribution in [0.1, 0.15) is 6.42 Å². The molecule has 0 aliphatic carbocycles. The monoisotopic (exact) mass is 389 g/mol. The lowest BCUT2D eigenvalue weighted by Crippen LogP contribution is -2.32. The Hall–Kier alpha value is -1.10. The quantitative estimate of drug-likeness (QED) is 0.838. The number of alkyl halides is 3. The first-order chi connectivity index (χ1) is 9.57. The number of aromatic nitrogens is 2. The zero-order valence-electron chi connectivity index (χ0n) is 10.5. The van der Waals surface area contributed by atoms with Crippen molar-refractivity contribution in [3.63, 3.8) is 0 Å². The molecule has 1 unspecified atom stereocenters. The summed E-state index contributed by atoms with van der Waals surface area (Å²) in [6.45, 7) is -1.48. The molecule has 1 aliphatic heterocycles. The van der Waals surface area contributed by atoms with Crippen molar-refractivity contribution >= 4 is 31.5 Å². The average Bonchev–Trinajstić information content (AvgIpc) is 2.67. The van der Waals surface area contributed by atoms with E-state index in [9.17, 15) is 26.4 Å². The van der Waals surface area contributed by atoms with Gasteiger partial charge in [-0.3, -0.25) is 4.79 Å². The molecule has 0 amide bonds. The highest BCUT2D eigenvalue weighted by Crippen LogP contribution is 2.22. The smallest absolute Gasteiger partial charge is 0.379 e. The molecule has 21 heavy (non-hydrogen) atoms. The van der Waals surface area contributed by atoms with Crippen molar-refractivity contribution < 1.29 is 21.6 Å². The van der Waals surface area contributed by atoms with E-state index in [1.807, 2.05) is 0 Å². The minimum absolute atomic E-state index is 0.0425. The third-order valence-electron chi connectivity index (χ3n) is 2.91. The van der Waals surface area contributed by atoms with Gasteiger partial charge in [-0.1, -0.05) is 0 Å². The molecule has 2 heterocycles. The summed E-state index contributed by atoms with van der Waals surface area (Å²) < 4.78 is 59.7. The molecule has 11 heteroatoms. The van der Waals surface area contributed by atoms with Gasteiger partial charge >= 0.3 is 6.18 Å². The summed E-state index contributed by atoms with van der Waals surface area (Å²) in [6, 6.07) is -0.383. The number of nitrogens with zero attached hydrogens (tertiary/aromatic N) is 2. The fourth-order valence-electron chi connectivity index (χ4n) is 1.98. The minimum atomic E-state index is -4.55. The first-order valence-electron chi connectivity index (χ1n) is 5.87. The summed E-state index contributed by atoms with van der Waals surface area (Å²) in [4.78, 5) is 11.8. The highest BCUT2D eigenvalue weighted by atomic mass is 79.9. The Kier molecular flexibility index (Phi) is 4.34. The van der Waals surface area contributed by atoms with Crippen LogP contribution in [0.15, 0.2) is 15.5 Å². The van der Waals surface area contributed by atoms with Crippen LogP contribution in [0.4, 0.5) is 18.9 Å². The van der Waals surface area contributed by atoms with Gasteiger partial charge in [0, 0.05) is 6.04 Å². The zero-order chi connectivity index (χ0) is 15.8. The Labute approximate surface area is 126 Å². The molecule has 2 rings (SSSR count). The average molecular weight is 390 g/mol. The lowest BCUT2D eigenvalue weighted by Gasteiger charge is -2.15. The van der Waals surface area contributed by atoms with Gasteiger partial charge in [0.25, 0.3) is 5.56 Å². The van der Waals surface area contributed by atoms with Crippen LogP contribution in [0, 0.1) is 0 Å². The van der Waals surface area contributed by atoms with Crippen LogP contribution >= 0.6 is 15.9 Å². The molecule has 0 spiro atoms. The van der Waals surface area contributed by atoms with E-state index in [1.165, 1.54) is 0 Å². The second-order valence-electron chi connectivity index (χ2n) is 4.69. The maximum Gasteiger partial charge on any atom is 0.408 e. The van der Waals surface area contributed by atoms with E-state index in [1.54, 1.807) is 0 Å². The Morgan fingerprint density at radius 2 is 2.14 bits per heavy atom. The normalized spacial score (nSPS) is 21.4. The van der Waals surface area contributed by atoms with Crippen molar-refractivity contribution in [3.8, 4) is 0 Å². The van der Waals surface area contributed by atoms with Crippen molar-refractivity contribution in [1.82, 2.24) is 9.78 Å². The number of halogens is 4. The van der Waals surface area contributed by atoms with Gasteiger partial charge < -0.3 is 5.32 Å². The van der Waals surface area contributed by atoms with Crippen molar-refractivity contribution in [2.75, 3.05) is 16.8 Å². The lowest BCUT2D eigenvalue weighted by atomic mass is 10.2. The Balaban J connectivity index is 2.20. The van der Waals surface area contributed by atoms with Crippen LogP contribution in [0.2, 0.25) is 0 Å². The number of rotatable bonds is 3. The summed E-state index contributed by atoms with van der Waals surface area (Å²) in [7, 11) is -3.10. The second kappa shape index (κ2) is 5.59. The highest BCUT2D eigenvalue weighted by Gasteiger charge is 2.31. The Bertz CT molecular complexity index is 702. The van der Waals surface area contributed by atoms with Gasteiger partial charge in [0.05, 0.1) is 23.4 Å². The van der Waals surface area contributed by atoms with Crippen LogP contribution in [0.5, 0.6) is 0 Å². The van der Waals surface area contributed by atoms with E-state index < -0.39 is 28.1 Å². The third-order valence-corrected chi connectivity index (χ3v) is 5.44. The molecular formula is C10H11BrF3N3O3S. The van der Waals surface area contributed by atoms with Crippen LogP contribution in [0.3, 0.4) is 0 Å². The van der Waals surface area contributed by atoms with Crippen molar-refractivity contribution in [2.24, 2.45) is 0 Å². The molecule has 1 aromatic heterocycles. The molecule has 1 N–H and O–H groups in total. The Morgan fingerprint density at radius 3 is 2.67 bits per heavy atom. The minimum Gasteiger partial charge on any atom is -0.379 e. The van der Waals surface area contributed by atoms with Gasteiger partial charge in [0.1, 0.15) is 11.0 Å². The number of hydrogen-bond acceptors (Lipinski definition) is 5. The number of nitrogens with one attached hydrogen (secondary N) is 1. The largest absolute Gasteiger partial charge is 0.408 e. The van der Waals surface area contributed by atoms with E-state index in [0.717, 1.165) is 6.20 Å². The van der Waals surface area contributed by atoms with E-state index in [4.69, 9.17) is 0 Å². The van der Waals surface area contributed by atoms with Gasteiger partial charge in [0.15, 0.2) is 9.84 Å². The van der Waals surface area contributed by atoms with Gasteiger partial charge in [-0.2, -0.15) is 18.3 Å². The molecule has 1 saturated heterocycles. The fourth-order valence-corrected chi connectivity index (χ4v) is 4.07. The molecular weight excluding hydrogens is 379 g/mol. The SMILES string of the molecule is O=c1c(Br)c(NC2CCS(=O)(=O)C2)cnn1CC(F)(F)F. The topological polar surface area (TPSA) is 81.1 Å². The Morgan fingerprint density at radius 1 is 1.48 bits per heavy atom. The third kappa shape index (κ3) is 4.19. The summed E-state index contributed by atoms with van der Waals surface area (Å²) >= 11 is 2.92. The molecule has 0 radical (unpaired) electrons. The molecule has 0 bridgehead atoms. The first kappa shape index (κ1) is 16.3. The molecule has 1 aromatic rings. The van der Waals surface area contributed by atoms with Gasteiger partial charge in [-0.25, -0.2) is 13.1 Å². The standard InChI is InChI=1S/C10H11BrF3N3O3S/c11-8-7(16-6-1-2-21(19,20)4-6)3-15-17(9(8)18)5-10(12,13)14/h3,6,16H,1-2,4-5H2. The summed E-state index contributed by atoms with van der Waals surface area (Å²) in [6.07, 6.45) is -3.10. The molecule has 1 aliphatic rings. The maximum atomic E-state index is 12.3. The summed E-state index contributed by atoms with van der Waals surface area (Å²) in [5.41, 5.74) is -0.751. The molecule has 0 aromatic carbocycles. The van der Waals surface area contributed by atoms with Crippen LogP contribution < -0.4 is 10.9 Å². The maximum absolute atomic E-state index is 12.3. The second-order valence-corrected chi connectivity index (χ2v) is 7.72. The van der Waals surface area contributed by atoms with Gasteiger partial charge in [0.2, 0.25) is 0 Å². The first-order valence-corrected chi connectivity index (χ1v) is 8.48. The fraction of sp³-hybridized carbons (Fsp3) is 0.600. The molecule has 1 atom stereocenters. The predicted octanol–water partition coefficient (Wildman–Crippen LogP) is 1.17. The lowest BCUT2D eigenvalue weighted by molar-refractivity contribution is -0.143.